The van der Waals surface area contributed by atoms with Gasteiger partial charge in [-0.1, -0.05) is 0 Å². The molecule has 0 bridgehead atoms. The van der Waals surface area contributed by atoms with E-state index in [2.05, 4.69) is 5.32 Å². The van der Waals surface area contributed by atoms with E-state index in [0.717, 1.165) is 19.4 Å². The number of anilines is 1. The number of benzene rings is 1. The number of hydrogen-bond donors (Lipinski definition) is 1. The van der Waals surface area contributed by atoms with Gasteiger partial charge in [-0.05, 0) is 37.5 Å². The van der Waals surface area contributed by atoms with E-state index >= 15 is 0 Å². The summed E-state index contributed by atoms with van der Waals surface area (Å²) in [5.74, 6) is -0.484. The molecule has 0 radical (unpaired) electrons. The minimum atomic E-state index is -0.484. The fourth-order valence-corrected chi connectivity index (χ4v) is 1.92. The van der Waals surface area contributed by atoms with Crippen molar-refractivity contribution in [1.29, 1.82) is 5.26 Å². The lowest BCUT2D eigenvalue weighted by Crippen LogP contribution is -2.26. The molecule has 1 N–H and O–H groups in total. The first-order valence-corrected chi connectivity index (χ1v) is 5.85. The van der Waals surface area contributed by atoms with Crippen LogP contribution in [0.4, 0.5) is 10.1 Å². The molecule has 17 heavy (non-hydrogen) atoms. The van der Waals surface area contributed by atoms with Gasteiger partial charge in [0.15, 0.2) is 0 Å². The monoisotopic (exact) mass is 234 g/mol. The fourth-order valence-electron chi connectivity index (χ4n) is 1.92. The summed E-state index contributed by atoms with van der Waals surface area (Å²) >= 11 is 0. The lowest BCUT2D eigenvalue weighted by Gasteiger charge is -2.23. The highest BCUT2D eigenvalue weighted by Crippen LogP contribution is 2.16. The number of ether oxygens (including phenoxy) is 1. The van der Waals surface area contributed by atoms with E-state index in [0.29, 0.717) is 12.2 Å². The van der Waals surface area contributed by atoms with Crippen LogP contribution in [-0.4, -0.2) is 19.3 Å². The Morgan fingerprint density at radius 3 is 3.00 bits per heavy atom. The zero-order valence-electron chi connectivity index (χ0n) is 9.58. The molecule has 1 aromatic carbocycles. The molecule has 0 spiro atoms. The van der Waals surface area contributed by atoms with Crippen LogP contribution < -0.4 is 5.32 Å². The van der Waals surface area contributed by atoms with E-state index in [1.807, 2.05) is 0 Å². The number of nitrogens with zero attached hydrogens (tertiary/aromatic N) is 1. The highest BCUT2D eigenvalue weighted by atomic mass is 19.1. The molecule has 4 heteroatoms. The third kappa shape index (κ3) is 3.18. The van der Waals surface area contributed by atoms with Crippen LogP contribution >= 0.6 is 0 Å². The zero-order valence-corrected chi connectivity index (χ0v) is 9.58. The summed E-state index contributed by atoms with van der Waals surface area (Å²) in [6, 6.07) is 6.35. The molecule has 3 nitrogen and oxygen atoms in total. The Kier molecular flexibility index (Phi) is 3.94. The Balaban J connectivity index is 1.90. The Hall–Kier alpha value is -1.60. The molecule has 0 aromatic heterocycles. The van der Waals surface area contributed by atoms with Crippen molar-refractivity contribution in [3.8, 4) is 6.07 Å². The summed E-state index contributed by atoms with van der Waals surface area (Å²) < 4.78 is 18.9. The molecule has 1 aromatic rings. The van der Waals surface area contributed by atoms with Crippen LogP contribution in [0.3, 0.4) is 0 Å². The Morgan fingerprint density at radius 1 is 1.47 bits per heavy atom. The van der Waals surface area contributed by atoms with Crippen molar-refractivity contribution in [2.75, 3.05) is 18.5 Å². The lowest BCUT2D eigenvalue weighted by atomic mass is 10.1. The van der Waals surface area contributed by atoms with Crippen LogP contribution in [-0.2, 0) is 4.74 Å². The van der Waals surface area contributed by atoms with Crippen LogP contribution in [0.5, 0.6) is 0 Å². The van der Waals surface area contributed by atoms with Gasteiger partial charge in [-0.3, -0.25) is 0 Å². The average molecular weight is 234 g/mol. The van der Waals surface area contributed by atoms with Crippen LogP contribution in [0.25, 0.3) is 0 Å². The summed E-state index contributed by atoms with van der Waals surface area (Å²) in [4.78, 5) is 0. The Labute approximate surface area is 100 Å². The first-order chi connectivity index (χ1) is 8.29. The SMILES string of the molecule is N#Cc1ccc(NCC2CCCCO2)cc1F. The van der Waals surface area contributed by atoms with E-state index < -0.39 is 5.82 Å². The predicted octanol–water partition coefficient (Wildman–Crippen LogP) is 2.68. The molecule has 1 saturated heterocycles. The van der Waals surface area contributed by atoms with Crippen LogP contribution in [0.1, 0.15) is 24.8 Å². The molecule has 1 unspecified atom stereocenters. The van der Waals surface area contributed by atoms with Crippen molar-refractivity contribution in [1.82, 2.24) is 0 Å². The Bertz CT molecular complexity index is 422. The van der Waals surface area contributed by atoms with Crippen molar-refractivity contribution >= 4 is 5.69 Å². The third-order valence-electron chi connectivity index (χ3n) is 2.90. The highest BCUT2D eigenvalue weighted by molar-refractivity contribution is 5.48. The van der Waals surface area contributed by atoms with Crippen molar-refractivity contribution in [2.24, 2.45) is 0 Å². The molecule has 0 amide bonds. The van der Waals surface area contributed by atoms with E-state index in [9.17, 15) is 4.39 Å². The second-order valence-corrected chi connectivity index (χ2v) is 4.18. The molecule has 90 valence electrons. The molecule has 1 heterocycles. The van der Waals surface area contributed by atoms with Gasteiger partial charge in [0.05, 0.1) is 11.7 Å². The van der Waals surface area contributed by atoms with Crippen LogP contribution in [0.2, 0.25) is 0 Å². The molecule has 2 rings (SSSR count). The fraction of sp³-hybridized carbons (Fsp3) is 0.462. The van der Waals surface area contributed by atoms with Gasteiger partial charge < -0.3 is 10.1 Å². The van der Waals surface area contributed by atoms with E-state index in [-0.39, 0.29) is 11.7 Å². The molecule has 0 aliphatic carbocycles. The number of nitriles is 1. The van der Waals surface area contributed by atoms with Gasteiger partial charge in [0.25, 0.3) is 0 Å². The molecular weight excluding hydrogens is 219 g/mol. The van der Waals surface area contributed by atoms with Gasteiger partial charge in [-0.2, -0.15) is 5.26 Å². The normalized spacial score (nSPS) is 19.6. The average Bonchev–Trinajstić information content (AvgIpc) is 2.38. The van der Waals surface area contributed by atoms with Crippen LogP contribution in [0, 0.1) is 17.1 Å². The summed E-state index contributed by atoms with van der Waals surface area (Å²) in [7, 11) is 0. The van der Waals surface area contributed by atoms with Gasteiger partial charge in [0, 0.05) is 18.8 Å². The molecule has 1 fully saturated rings. The first kappa shape index (κ1) is 11.9. The van der Waals surface area contributed by atoms with Crippen molar-refractivity contribution in [3.05, 3.63) is 29.6 Å². The predicted molar refractivity (Wildman–Crippen MR) is 63.2 cm³/mol. The second-order valence-electron chi connectivity index (χ2n) is 4.18. The first-order valence-electron chi connectivity index (χ1n) is 5.85. The number of nitrogens with one attached hydrogen (secondary N) is 1. The minimum absolute atomic E-state index is 0.0736. The van der Waals surface area contributed by atoms with Crippen molar-refractivity contribution < 1.29 is 9.13 Å². The van der Waals surface area contributed by atoms with Crippen molar-refractivity contribution in [2.45, 2.75) is 25.4 Å². The quantitative estimate of drug-likeness (QED) is 0.874. The molecule has 1 aliphatic heterocycles. The zero-order chi connectivity index (χ0) is 12.1. The standard InChI is InChI=1S/C13H15FN2O/c14-13-7-11(5-4-10(13)8-15)16-9-12-3-1-2-6-17-12/h4-5,7,12,16H,1-3,6,9H2. The van der Waals surface area contributed by atoms with Gasteiger partial charge >= 0.3 is 0 Å². The van der Waals surface area contributed by atoms with Gasteiger partial charge in [0.2, 0.25) is 0 Å². The molecular formula is C13H15FN2O. The van der Waals surface area contributed by atoms with Gasteiger partial charge in [-0.25, -0.2) is 4.39 Å². The number of hydrogen-bond acceptors (Lipinski definition) is 3. The Morgan fingerprint density at radius 2 is 2.35 bits per heavy atom. The maximum absolute atomic E-state index is 13.3. The number of rotatable bonds is 3. The molecule has 1 atom stereocenters. The topological polar surface area (TPSA) is 45.0 Å². The third-order valence-corrected chi connectivity index (χ3v) is 2.90. The van der Waals surface area contributed by atoms with Gasteiger partial charge in [0.1, 0.15) is 11.9 Å². The highest BCUT2D eigenvalue weighted by Gasteiger charge is 2.13. The molecule has 0 saturated carbocycles. The summed E-state index contributed by atoms with van der Waals surface area (Å²) in [6.45, 7) is 1.50. The van der Waals surface area contributed by atoms with Crippen molar-refractivity contribution in [3.63, 3.8) is 0 Å². The summed E-state index contributed by atoms with van der Waals surface area (Å²) in [5.41, 5.74) is 0.764. The maximum atomic E-state index is 13.3. The second kappa shape index (κ2) is 5.65. The largest absolute Gasteiger partial charge is 0.382 e. The smallest absolute Gasteiger partial charge is 0.143 e. The lowest BCUT2D eigenvalue weighted by molar-refractivity contribution is 0.0247. The van der Waals surface area contributed by atoms with E-state index in [1.165, 1.54) is 18.6 Å². The summed E-state index contributed by atoms with van der Waals surface area (Å²) in [5, 5.41) is 11.7. The van der Waals surface area contributed by atoms with E-state index in [4.69, 9.17) is 10.00 Å². The summed E-state index contributed by atoms with van der Waals surface area (Å²) in [6.07, 6.45) is 3.57. The molecule has 1 aliphatic rings. The van der Waals surface area contributed by atoms with E-state index in [1.54, 1.807) is 12.1 Å². The number of halogens is 1. The van der Waals surface area contributed by atoms with Gasteiger partial charge in [-0.15, -0.1) is 0 Å². The maximum Gasteiger partial charge on any atom is 0.143 e. The minimum Gasteiger partial charge on any atom is -0.382 e. The van der Waals surface area contributed by atoms with Crippen LogP contribution in [0.15, 0.2) is 18.2 Å².